The van der Waals surface area contributed by atoms with Crippen molar-refractivity contribution in [3.05, 3.63) is 93.8 Å². The van der Waals surface area contributed by atoms with Gasteiger partial charge in [-0.05, 0) is 66.1 Å². The number of hydrogen-bond donors (Lipinski definition) is 1. The van der Waals surface area contributed by atoms with Gasteiger partial charge in [-0.15, -0.1) is 0 Å². The molecule has 35 heavy (non-hydrogen) atoms. The van der Waals surface area contributed by atoms with Crippen LogP contribution in [0.3, 0.4) is 0 Å². The van der Waals surface area contributed by atoms with E-state index in [-0.39, 0.29) is 23.7 Å². The van der Waals surface area contributed by atoms with Gasteiger partial charge in [0, 0.05) is 5.02 Å². The van der Waals surface area contributed by atoms with Gasteiger partial charge in [-0.3, -0.25) is 14.9 Å². The molecule has 3 aromatic carbocycles. The Morgan fingerprint density at radius 3 is 2.57 bits per heavy atom. The third-order valence-electron chi connectivity index (χ3n) is 5.30. The average Bonchev–Trinajstić information content (AvgIpc) is 2.82. The van der Waals surface area contributed by atoms with Gasteiger partial charge in [0.1, 0.15) is 18.0 Å². The molecule has 0 atom stereocenters. The van der Waals surface area contributed by atoms with Gasteiger partial charge in [-0.2, -0.15) is 0 Å². The Hall–Kier alpha value is -4.17. The van der Waals surface area contributed by atoms with Crippen molar-refractivity contribution in [1.29, 1.82) is 0 Å². The fourth-order valence-electron chi connectivity index (χ4n) is 3.55. The number of anilines is 1. The van der Waals surface area contributed by atoms with Gasteiger partial charge < -0.3 is 9.47 Å². The monoisotopic (exact) mass is 494 g/mol. The van der Waals surface area contributed by atoms with E-state index >= 15 is 0 Å². The van der Waals surface area contributed by atoms with Crippen LogP contribution in [0.15, 0.2) is 66.2 Å². The zero-order chi connectivity index (χ0) is 25.1. The zero-order valence-electron chi connectivity index (χ0n) is 18.8. The highest BCUT2D eigenvalue weighted by atomic mass is 35.5. The first kappa shape index (κ1) is 24.0. The van der Waals surface area contributed by atoms with Crippen LogP contribution >= 0.6 is 11.6 Å². The molecule has 0 unspecified atom stereocenters. The van der Waals surface area contributed by atoms with Crippen molar-refractivity contribution in [2.24, 2.45) is 0 Å². The Morgan fingerprint density at radius 1 is 1.03 bits per heavy atom. The molecule has 0 aromatic heterocycles. The number of nitrogens with zero attached hydrogens (tertiary/aromatic N) is 1. The molecule has 0 spiro atoms. The van der Waals surface area contributed by atoms with Gasteiger partial charge in [-0.1, -0.05) is 35.9 Å². The lowest BCUT2D eigenvalue weighted by Gasteiger charge is -2.27. The number of halogens is 2. The molecule has 7 nitrogen and oxygen atoms in total. The summed E-state index contributed by atoms with van der Waals surface area (Å²) in [6.07, 6.45) is 1.36. The minimum absolute atomic E-state index is 0.117. The van der Waals surface area contributed by atoms with E-state index in [0.29, 0.717) is 33.2 Å². The summed E-state index contributed by atoms with van der Waals surface area (Å²) in [6.45, 7) is 1.84. The third kappa shape index (κ3) is 5.17. The Bertz CT molecular complexity index is 1370. The zero-order valence-corrected chi connectivity index (χ0v) is 19.6. The maximum Gasteiger partial charge on any atom is 0.335 e. The maximum absolute atomic E-state index is 13.4. The number of methoxy groups -OCH3 is 1. The quantitative estimate of drug-likeness (QED) is 0.383. The first-order chi connectivity index (χ1) is 16.8. The van der Waals surface area contributed by atoms with Crippen LogP contribution in [-0.2, 0) is 16.2 Å². The number of imide groups is 2. The van der Waals surface area contributed by atoms with E-state index in [4.69, 9.17) is 21.1 Å². The number of carbonyl (C=O) groups is 3. The van der Waals surface area contributed by atoms with E-state index in [9.17, 15) is 18.8 Å². The van der Waals surface area contributed by atoms with E-state index in [0.717, 1.165) is 4.90 Å². The minimum atomic E-state index is -0.860. The van der Waals surface area contributed by atoms with Crippen LogP contribution < -0.4 is 19.7 Å². The van der Waals surface area contributed by atoms with Crippen molar-refractivity contribution in [1.82, 2.24) is 5.32 Å². The summed E-state index contributed by atoms with van der Waals surface area (Å²) in [5.41, 5.74) is 1.78. The van der Waals surface area contributed by atoms with Crippen LogP contribution in [0.4, 0.5) is 14.9 Å². The van der Waals surface area contributed by atoms with E-state index in [1.807, 2.05) is 0 Å². The van der Waals surface area contributed by atoms with Crippen molar-refractivity contribution in [2.75, 3.05) is 12.0 Å². The highest BCUT2D eigenvalue weighted by molar-refractivity contribution is 6.39. The summed E-state index contributed by atoms with van der Waals surface area (Å²) in [6, 6.07) is 14.8. The molecule has 0 radical (unpaired) electrons. The lowest BCUT2D eigenvalue weighted by Crippen LogP contribution is -2.54. The van der Waals surface area contributed by atoms with Crippen LogP contribution in [0, 0.1) is 12.7 Å². The van der Waals surface area contributed by atoms with E-state index in [1.165, 1.54) is 31.4 Å². The second-order valence-electron chi connectivity index (χ2n) is 7.72. The predicted molar refractivity (Wildman–Crippen MR) is 129 cm³/mol. The number of amides is 4. The Balaban J connectivity index is 1.62. The number of urea groups is 1. The molecule has 0 saturated carbocycles. The van der Waals surface area contributed by atoms with Gasteiger partial charge in [0.05, 0.1) is 12.8 Å². The van der Waals surface area contributed by atoms with Gasteiger partial charge in [0.15, 0.2) is 11.5 Å². The fraction of sp³-hybridized carbons (Fsp3) is 0.115. The molecule has 0 aliphatic carbocycles. The van der Waals surface area contributed by atoms with Gasteiger partial charge in [0.25, 0.3) is 11.8 Å². The summed E-state index contributed by atoms with van der Waals surface area (Å²) in [7, 11) is 1.45. The topological polar surface area (TPSA) is 84.9 Å². The first-order valence-corrected chi connectivity index (χ1v) is 10.9. The maximum atomic E-state index is 13.4. The van der Waals surface area contributed by atoms with Gasteiger partial charge >= 0.3 is 6.03 Å². The van der Waals surface area contributed by atoms with E-state index in [2.05, 4.69) is 5.32 Å². The normalized spacial score (nSPS) is 14.8. The first-order valence-electron chi connectivity index (χ1n) is 10.5. The molecule has 0 bridgehead atoms. The van der Waals surface area contributed by atoms with Crippen LogP contribution in [0.5, 0.6) is 11.5 Å². The molecule has 3 aromatic rings. The van der Waals surface area contributed by atoms with Gasteiger partial charge in [-0.25, -0.2) is 14.1 Å². The molecule has 1 N–H and O–H groups in total. The van der Waals surface area contributed by atoms with Crippen molar-refractivity contribution >= 4 is 41.2 Å². The number of ether oxygens (including phenoxy) is 2. The number of benzene rings is 3. The van der Waals surface area contributed by atoms with Crippen LogP contribution in [0.2, 0.25) is 5.02 Å². The molecule has 1 saturated heterocycles. The lowest BCUT2D eigenvalue weighted by molar-refractivity contribution is -0.122. The molecule has 4 amide bonds. The second-order valence-corrected chi connectivity index (χ2v) is 8.15. The van der Waals surface area contributed by atoms with Crippen molar-refractivity contribution in [3.63, 3.8) is 0 Å². The Morgan fingerprint density at radius 2 is 1.83 bits per heavy atom. The summed E-state index contributed by atoms with van der Waals surface area (Å²) >= 11 is 6.05. The SMILES string of the molecule is COc1cc(/C=C2\C(=O)NC(=O)N(c3cc(Cl)ccc3C)C2=O)ccc1OCc1cccc(F)c1. The van der Waals surface area contributed by atoms with Crippen molar-refractivity contribution < 1.29 is 28.2 Å². The predicted octanol–water partition coefficient (Wildman–Crippen LogP) is 5.04. The van der Waals surface area contributed by atoms with E-state index < -0.39 is 17.8 Å². The average molecular weight is 495 g/mol. The smallest absolute Gasteiger partial charge is 0.335 e. The summed E-state index contributed by atoms with van der Waals surface area (Å²) in [5.74, 6) is -1.23. The molecular weight excluding hydrogens is 475 g/mol. The largest absolute Gasteiger partial charge is 0.493 e. The molecule has 1 aliphatic rings. The standard InChI is InChI=1S/C26H20ClFN2O5/c1-15-6-8-18(27)13-21(15)30-25(32)20(24(31)29-26(30)33)11-16-7-9-22(23(12-16)34-2)35-14-17-4-3-5-19(28)10-17/h3-13H,14H2,1-2H3,(H,29,31,33)/b20-11+. The number of barbiturate groups is 1. The number of carbonyl (C=O) groups excluding carboxylic acids is 3. The summed E-state index contributed by atoms with van der Waals surface area (Å²) < 4.78 is 24.5. The van der Waals surface area contributed by atoms with Crippen molar-refractivity contribution in [3.8, 4) is 11.5 Å². The van der Waals surface area contributed by atoms with E-state index in [1.54, 1.807) is 49.4 Å². The number of nitrogens with one attached hydrogen (secondary N) is 1. The summed E-state index contributed by atoms with van der Waals surface area (Å²) in [4.78, 5) is 39.0. The molecular formula is C26H20ClFN2O5. The second kappa shape index (κ2) is 9.99. The fourth-order valence-corrected chi connectivity index (χ4v) is 3.71. The van der Waals surface area contributed by atoms with Crippen LogP contribution in [0.25, 0.3) is 6.08 Å². The van der Waals surface area contributed by atoms with Crippen LogP contribution in [0.1, 0.15) is 16.7 Å². The minimum Gasteiger partial charge on any atom is -0.493 e. The molecule has 1 heterocycles. The number of aryl methyl sites for hydroxylation is 1. The summed E-state index contributed by atoms with van der Waals surface area (Å²) in [5, 5.41) is 2.53. The number of rotatable bonds is 6. The van der Waals surface area contributed by atoms with Crippen LogP contribution in [-0.4, -0.2) is 25.0 Å². The molecule has 178 valence electrons. The third-order valence-corrected chi connectivity index (χ3v) is 5.53. The molecule has 4 rings (SSSR count). The van der Waals surface area contributed by atoms with Gasteiger partial charge in [0.2, 0.25) is 0 Å². The molecule has 1 fully saturated rings. The van der Waals surface area contributed by atoms with Crippen molar-refractivity contribution in [2.45, 2.75) is 13.5 Å². The Labute approximate surface area is 205 Å². The molecule has 1 aliphatic heterocycles. The highest BCUT2D eigenvalue weighted by Crippen LogP contribution is 2.31. The Kier molecular flexibility index (Phi) is 6.84. The lowest BCUT2D eigenvalue weighted by atomic mass is 10.1. The number of hydrogen-bond acceptors (Lipinski definition) is 5. The molecule has 9 heteroatoms. The highest BCUT2D eigenvalue weighted by Gasteiger charge is 2.37.